The summed E-state index contributed by atoms with van der Waals surface area (Å²) in [6, 6.07) is 6.36. The summed E-state index contributed by atoms with van der Waals surface area (Å²) in [6.07, 6.45) is 2.64. The molecule has 0 fully saturated rings. The summed E-state index contributed by atoms with van der Waals surface area (Å²) < 4.78 is 5.53. The Hall–Kier alpha value is -1.61. The molecule has 0 aliphatic carbocycles. The van der Waals surface area contributed by atoms with Crippen LogP contribution in [0.1, 0.15) is 30.2 Å². The molecule has 0 saturated carbocycles. The van der Waals surface area contributed by atoms with Crippen molar-refractivity contribution in [3.8, 4) is 11.3 Å². The van der Waals surface area contributed by atoms with Crippen molar-refractivity contribution in [1.29, 1.82) is 0 Å². The second-order valence-electron chi connectivity index (χ2n) is 4.60. The van der Waals surface area contributed by atoms with E-state index in [0.29, 0.717) is 0 Å². The Morgan fingerprint density at radius 2 is 2.06 bits per heavy atom. The van der Waals surface area contributed by atoms with Crippen molar-refractivity contribution in [3.05, 3.63) is 41.4 Å². The molecule has 2 aromatic rings. The maximum absolute atomic E-state index is 5.53. The molecule has 0 radical (unpaired) electrons. The molecule has 3 nitrogen and oxygen atoms in total. The zero-order chi connectivity index (χ0) is 13.0. The van der Waals surface area contributed by atoms with Crippen molar-refractivity contribution in [2.24, 2.45) is 0 Å². The molecular formula is C15H20N2O. The van der Waals surface area contributed by atoms with Crippen LogP contribution in [0.15, 0.2) is 29.0 Å². The van der Waals surface area contributed by atoms with Gasteiger partial charge in [-0.15, -0.1) is 0 Å². The van der Waals surface area contributed by atoms with Gasteiger partial charge < -0.3 is 9.73 Å². The van der Waals surface area contributed by atoms with Crippen LogP contribution in [-0.2, 0) is 6.54 Å². The van der Waals surface area contributed by atoms with Gasteiger partial charge >= 0.3 is 0 Å². The molecule has 1 aromatic heterocycles. The van der Waals surface area contributed by atoms with Gasteiger partial charge in [0.2, 0.25) is 0 Å². The van der Waals surface area contributed by atoms with Gasteiger partial charge in [0.05, 0.1) is 0 Å². The number of nitrogens with zero attached hydrogens (tertiary/aromatic N) is 1. The molecule has 0 amide bonds. The number of hydrogen-bond acceptors (Lipinski definition) is 3. The summed E-state index contributed by atoms with van der Waals surface area (Å²) in [5.41, 5.74) is 4.65. The van der Waals surface area contributed by atoms with E-state index in [1.54, 1.807) is 0 Å². The van der Waals surface area contributed by atoms with Crippen LogP contribution in [0.4, 0.5) is 0 Å². The Labute approximate surface area is 108 Å². The van der Waals surface area contributed by atoms with E-state index in [9.17, 15) is 0 Å². The Morgan fingerprint density at radius 1 is 1.22 bits per heavy atom. The van der Waals surface area contributed by atoms with Gasteiger partial charge in [-0.1, -0.05) is 19.1 Å². The zero-order valence-electron chi connectivity index (χ0n) is 11.3. The summed E-state index contributed by atoms with van der Waals surface area (Å²) in [6.45, 7) is 8.14. The third-order valence-electron chi connectivity index (χ3n) is 3.13. The largest absolute Gasteiger partial charge is 0.443 e. The van der Waals surface area contributed by atoms with Gasteiger partial charge in [-0.25, -0.2) is 4.98 Å². The van der Waals surface area contributed by atoms with E-state index in [1.807, 2.05) is 0 Å². The van der Waals surface area contributed by atoms with Crippen molar-refractivity contribution in [2.75, 3.05) is 6.54 Å². The second kappa shape index (κ2) is 5.83. The smallest absolute Gasteiger partial charge is 0.181 e. The molecule has 0 aliphatic rings. The van der Waals surface area contributed by atoms with Gasteiger partial charge in [0.15, 0.2) is 12.2 Å². The maximum Gasteiger partial charge on any atom is 0.181 e. The lowest BCUT2D eigenvalue weighted by atomic mass is 10.0. The highest BCUT2D eigenvalue weighted by molar-refractivity contribution is 5.61. The molecule has 1 aromatic carbocycles. The molecule has 1 N–H and O–H groups in total. The normalized spacial score (nSPS) is 10.8. The Balaban J connectivity index is 2.22. The molecule has 0 bridgehead atoms. The average Bonchev–Trinajstić information content (AvgIpc) is 2.81. The fourth-order valence-electron chi connectivity index (χ4n) is 1.90. The number of aromatic nitrogens is 1. The summed E-state index contributed by atoms with van der Waals surface area (Å²) in [5.74, 6) is 0.877. The number of hydrogen-bond donors (Lipinski definition) is 1. The zero-order valence-corrected chi connectivity index (χ0v) is 11.3. The number of aryl methyl sites for hydroxylation is 2. The minimum Gasteiger partial charge on any atom is -0.443 e. The Morgan fingerprint density at radius 3 is 2.78 bits per heavy atom. The summed E-state index contributed by atoms with van der Waals surface area (Å²) in [5, 5.41) is 3.35. The predicted molar refractivity (Wildman–Crippen MR) is 73.4 cm³/mol. The molecular weight excluding hydrogens is 224 g/mol. The van der Waals surface area contributed by atoms with Crippen LogP contribution < -0.4 is 5.32 Å². The lowest BCUT2D eigenvalue weighted by Crippen LogP contribution is -2.14. The van der Waals surface area contributed by atoms with E-state index in [0.717, 1.165) is 36.5 Å². The standard InChI is InChI=1S/C15H20N2O/c1-4-7-16-9-14-15(18-10-17-14)13-6-5-11(2)12(3)8-13/h5-6,8,10,16H,4,7,9H2,1-3H3. The quantitative estimate of drug-likeness (QED) is 0.818. The first-order chi connectivity index (χ1) is 8.72. The molecule has 96 valence electrons. The summed E-state index contributed by atoms with van der Waals surface area (Å²) >= 11 is 0. The molecule has 0 atom stereocenters. The topological polar surface area (TPSA) is 38.1 Å². The first-order valence-electron chi connectivity index (χ1n) is 6.43. The summed E-state index contributed by atoms with van der Waals surface area (Å²) in [4.78, 5) is 4.29. The van der Waals surface area contributed by atoms with Crippen molar-refractivity contribution in [3.63, 3.8) is 0 Å². The minimum atomic E-state index is 0.757. The molecule has 0 unspecified atom stereocenters. The van der Waals surface area contributed by atoms with Crippen LogP contribution >= 0.6 is 0 Å². The Kier molecular flexibility index (Phi) is 4.15. The second-order valence-corrected chi connectivity index (χ2v) is 4.60. The van der Waals surface area contributed by atoms with Gasteiger partial charge in [-0.2, -0.15) is 0 Å². The van der Waals surface area contributed by atoms with Crippen molar-refractivity contribution < 1.29 is 4.42 Å². The van der Waals surface area contributed by atoms with E-state index in [2.05, 4.69) is 49.3 Å². The lowest BCUT2D eigenvalue weighted by Gasteiger charge is -2.05. The van der Waals surface area contributed by atoms with Gasteiger partial charge in [0.1, 0.15) is 5.69 Å². The van der Waals surface area contributed by atoms with E-state index in [-0.39, 0.29) is 0 Å². The van der Waals surface area contributed by atoms with E-state index >= 15 is 0 Å². The molecule has 0 saturated heterocycles. The first-order valence-corrected chi connectivity index (χ1v) is 6.43. The van der Waals surface area contributed by atoms with E-state index in [4.69, 9.17) is 4.42 Å². The third-order valence-corrected chi connectivity index (χ3v) is 3.13. The van der Waals surface area contributed by atoms with Crippen LogP contribution in [0.25, 0.3) is 11.3 Å². The van der Waals surface area contributed by atoms with Crippen LogP contribution in [-0.4, -0.2) is 11.5 Å². The molecule has 2 rings (SSSR count). The highest BCUT2D eigenvalue weighted by Gasteiger charge is 2.10. The van der Waals surface area contributed by atoms with E-state index < -0.39 is 0 Å². The Bertz CT molecular complexity index is 517. The number of oxazole rings is 1. The predicted octanol–water partition coefficient (Wildman–Crippen LogP) is 3.46. The number of benzene rings is 1. The van der Waals surface area contributed by atoms with Crippen LogP contribution in [0.2, 0.25) is 0 Å². The van der Waals surface area contributed by atoms with E-state index in [1.165, 1.54) is 17.5 Å². The maximum atomic E-state index is 5.53. The van der Waals surface area contributed by atoms with Crippen molar-refractivity contribution >= 4 is 0 Å². The highest BCUT2D eigenvalue weighted by atomic mass is 16.3. The molecule has 0 aliphatic heterocycles. The monoisotopic (exact) mass is 244 g/mol. The average molecular weight is 244 g/mol. The third kappa shape index (κ3) is 2.79. The van der Waals surface area contributed by atoms with Gasteiger partial charge in [-0.05, 0) is 44.0 Å². The van der Waals surface area contributed by atoms with Gasteiger partial charge in [-0.3, -0.25) is 0 Å². The van der Waals surface area contributed by atoms with Gasteiger partial charge in [0.25, 0.3) is 0 Å². The minimum absolute atomic E-state index is 0.757. The number of rotatable bonds is 5. The fourth-order valence-corrected chi connectivity index (χ4v) is 1.90. The van der Waals surface area contributed by atoms with Gasteiger partial charge in [0, 0.05) is 12.1 Å². The van der Waals surface area contributed by atoms with Crippen LogP contribution in [0.3, 0.4) is 0 Å². The van der Waals surface area contributed by atoms with Crippen LogP contribution in [0, 0.1) is 13.8 Å². The molecule has 1 heterocycles. The van der Waals surface area contributed by atoms with Crippen molar-refractivity contribution in [1.82, 2.24) is 10.3 Å². The number of nitrogens with one attached hydrogen (secondary N) is 1. The van der Waals surface area contributed by atoms with Crippen molar-refractivity contribution in [2.45, 2.75) is 33.7 Å². The SMILES string of the molecule is CCCNCc1ncoc1-c1ccc(C)c(C)c1. The lowest BCUT2D eigenvalue weighted by molar-refractivity contribution is 0.569. The van der Waals surface area contributed by atoms with Crippen LogP contribution in [0.5, 0.6) is 0 Å². The summed E-state index contributed by atoms with van der Waals surface area (Å²) in [7, 11) is 0. The fraction of sp³-hybridized carbons (Fsp3) is 0.400. The molecule has 0 spiro atoms. The highest BCUT2D eigenvalue weighted by Crippen LogP contribution is 2.25. The molecule has 3 heteroatoms. The molecule has 18 heavy (non-hydrogen) atoms. The first kappa shape index (κ1) is 12.8.